The van der Waals surface area contributed by atoms with E-state index in [2.05, 4.69) is 21.2 Å². The third-order valence-electron chi connectivity index (χ3n) is 3.66. The number of aliphatic carboxylic acids is 1. The number of carboxylic acid groups (broad SMARTS) is 1. The summed E-state index contributed by atoms with van der Waals surface area (Å²) in [6.07, 6.45) is 0.474. The van der Waals surface area contributed by atoms with Crippen molar-refractivity contribution < 1.29 is 23.1 Å². The van der Waals surface area contributed by atoms with Crippen LogP contribution >= 0.6 is 15.9 Å². The molecule has 0 aromatic heterocycles. The van der Waals surface area contributed by atoms with Gasteiger partial charge < -0.3 is 10.4 Å². The van der Waals surface area contributed by atoms with E-state index in [1.54, 1.807) is 24.3 Å². The molecule has 1 heterocycles. The SMILES string of the molecule is O=C(NC(C(=O)O)c1ccc(Br)cc1)C1CCS(=O)(=O)CC1. The van der Waals surface area contributed by atoms with Crippen molar-refractivity contribution in [3.05, 3.63) is 34.3 Å². The molecule has 0 bridgehead atoms. The molecule has 8 heteroatoms. The first-order chi connectivity index (χ1) is 10.3. The number of hydrogen-bond acceptors (Lipinski definition) is 4. The van der Waals surface area contributed by atoms with Gasteiger partial charge >= 0.3 is 5.97 Å². The second-order valence-corrected chi connectivity index (χ2v) is 8.48. The molecule has 1 atom stereocenters. The maximum atomic E-state index is 12.2. The number of sulfone groups is 1. The lowest BCUT2D eigenvalue weighted by Crippen LogP contribution is -2.40. The van der Waals surface area contributed by atoms with Gasteiger partial charge in [0.15, 0.2) is 6.04 Å². The Labute approximate surface area is 137 Å². The Kier molecular flexibility index (Phi) is 5.23. The van der Waals surface area contributed by atoms with Crippen molar-refractivity contribution in [1.82, 2.24) is 5.32 Å². The van der Waals surface area contributed by atoms with Crippen molar-refractivity contribution in [3.63, 3.8) is 0 Å². The molecule has 1 aromatic rings. The molecule has 1 fully saturated rings. The van der Waals surface area contributed by atoms with Gasteiger partial charge in [0.25, 0.3) is 0 Å². The Morgan fingerprint density at radius 3 is 2.23 bits per heavy atom. The summed E-state index contributed by atoms with van der Waals surface area (Å²) in [5.41, 5.74) is 0.465. The van der Waals surface area contributed by atoms with Gasteiger partial charge in [-0.2, -0.15) is 0 Å². The quantitative estimate of drug-likeness (QED) is 0.812. The summed E-state index contributed by atoms with van der Waals surface area (Å²) in [4.78, 5) is 23.6. The van der Waals surface area contributed by atoms with Crippen LogP contribution in [0.2, 0.25) is 0 Å². The standard InChI is InChI=1S/C14H16BrNO5S/c15-11-3-1-9(2-4-11)12(14(18)19)16-13(17)10-5-7-22(20,21)8-6-10/h1-4,10,12H,5-8H2,(H,16,17)(H,18,19). The molecule has 1 saturated heterocycles. The van der Waals surface area contributed by atoms with Crippen LogP contribution in [0.15, 0.2) is 28.7 Å². The number of nitrogens with one attached hydrogen (secondary N) is 1. The van der Waals surface area contributed by atoms with E-state index in [0.717, 1.165) is 4.47 Å². The highest BCUT2D eigenvalue weighted by atomic mass is 79.9. The summed E-state index contributed by atoms with van der Waals surface area (Å²) in [5.74, 6) is -2.08. The maximum absolute atomic E-state index is 12.2. The van der Waals surface area contributed by atoms with Crippen LogP contribution in [-0.4, -0.2) is 36.9 Å². The monoisotopic (exact) mass is 389 g/mol. The first-order valence-corrected chi connectivity index (χ1v) is 9.39. The molecule has 0 saturated carbocycles. The number of carboxylic acids is 1. The van der Waals surface area contributed by atoms with Crippen molar-refractivity contribution in [2.75, 3.05) is 11.5 Å². The fourth-order valence-corrected chi connectivity index (χ4v) is 4.11. The Bertz CT molecular complexity index is 657. The molecule has 120 valence electrons. The van der Waals surface area contributed by atoms with Crippen LogP contribution in [0.3, 0.4) is 0 Å². The van der Waals surface area contributed by atoms with Crippen LogP contribution in [0.25, 0.3) is 0 Å². The van der Waals surface area contributed by atoms with Crippen LogP contribution in [0.5, 0.6) is 0 Å². The third kappa shape index (κ3) is 4.30. The Morgan fingerprint density at radius 1 is 1.18 bits per heavy atom. The van der Waals surface area contributed by atoms with E-state index < -0.39 is 33.7 Å². The molecular formula is C14H16BrNO5S. The van der Waals surface area contributed by atoms with Crippen molar-refractivity contribution >= 4 is 37.6 Å². The van der Waals surface area contributed by atoms with Crippen LogP contribution in [-0.2, 0) is 19.4 Å². The Morgan fingerprint density at radius 2 is 1.73 bits per heavy atom. The molecule has 1 aliphatic heterocycles. The summed E-state index contributed by atoms with van der Waals surface area (Å²) in [6.45, 7) is 0. The van der Waals surface area contributed by atoms with E-state index in [1.807, 2.05) is 0 Å². The number of carbonyl (C=O) groups is 2. The third-order valence-corrected chi connectivity index (χ3v) is 5.91. The summed E-state index contributed by atoms with van der Waals surface area (Å²) in [5, 5.41) is 11.8. The van der Waals surface area contributed by atoms with E-state index in [4.69, 9.17) is 0 Å². The second-order valence-electron chi connectivity index (χ2n) is 5.26. The summed E-state index contributed by atoms with van der Waals surface area (Å²) in [7, 11) is -3.05. The maximum Gasteiger partial charge on any atom is 0.330 e. The predicted octanol–water partition coefficient (Wildman–Crippen LogP) is 1.52. The number of amides is 1. The molecular weight excluding hydrogens is 374 g/mol. The molecule has 0 aliphatic carbocycles. The topological polar surface area (TPSA) is 101 Å². The van der Waals surface area contributed by atoms with Gasteiger partial charge in [-0.15, -0.1) is 0 Å². The number of rotatable bonds is 4. The summed E-state index contributed by atoms with van der Waals surface area (Å²) in [6, 6.07) is 5.50. The van der Waals surface area contributed by atoms with Crippen molar-refractivity contribution in [1.29, 1.82) is 0 Å². The molecule has 22 heavy (non-hydrogen) atoms. The van der Waals surface area contributed by atoms with Gasteiger partial charge in [-0.05, 0) is 30.5 Å². The van der Waals surface area contributed by atoms with Crippen LogP contribution in [0.1, 0.15) is 24.4 Å². The Balaban J connectivity index is 2.07. The molecule has 1 unspecified atom stereocenters. The first-order valence-electron chi connectivity index (χ1n) is 6.77. The highest BCUT2D eigenvalue weighted by molar-refractivity contribution is 9.10. The normalized spacial score (nSPS) is 19.3. The average molecular weight is 390 g/mol. The van der Waals surface area contributed by atoms with Crippen molar-refractivity contribution in [2.45, 2.75) is 18.9 Å². The van der Waals surface area contributed by atoms with E-state index >= 15 is 0 Å². The second kappa shape index (κ2) is 6.78. The summed E-state index contributed by atoms with van der Waals surface area (Å²) >= 11 is 3.26. The van der Waals surface area contributed by atoms with Gasteiger partial charge in [-0.25, -0.2) is 13.2 Å². The average Bonchev–Trinajstić information content (AvgIpc) is 2.45. The molecule has 0 radical (unpaired) electrons. The van der Waals surface area contributed by atoms with Crippen LogP contribution in [0.4, 0.5) is 0 Å². The fraction of sp³-hybridized carbons (Fsp3) is 0.429. The largest absolute Gasteiger partial charge is 0.479 e. The van der Waals surface area contributed by atoms with E-state index in [-0.39, 0.29) is 24.3 Å². The zero-order valence-corrected chi connectivity index (χ0v) is 14.1. The minimum Gasteiger partial charge on any atom is -0.479 e. The lowest BCUT2D eigenvalue weighted by molar-refractivity contribution is -0.142. The minimum atomic E-state index is -3.05. The van der Waals surface area contributed by atoms with E-state index in [1.165, 1.54) is 0 Å². The number of benzene rings is 1. The van der Waals surface area contributed by atoms with Gasteiger partial charge in [0.2, 0.25) is 5.91 Å². The van der Waals surface area contributed by atoms with Gasteiger partial charge in [-0.1, -0.05) is 28.1 Å². The molecule has 0 spiro atoms. The van der Waals surface area contributed by atoms with Gasteiger partial charge in [0.05, 0.1) is 11.5 Å². The molecule has 1 aliphatic rings. The highest BCUT2D eigenvalue weighted by Gasteiger charge is 2.31. The molecule has 6 nitrogen and oxygen atoms in total. The molecule has 1 amide bonds. The fourth-order valence-electron chi connectivity index (χ4n) is 2.36. The molecule has 1 aromatic carbocycles. The Hall–Kier alpha value is -1.41. The minimum absolute atomic E-state index is 0.0267. The smallest absolute Gasteiger partial charge is 0.330 e. The lowest BCUT2D eigenvalue weighted by atomic mass is 10.00. The van der Waals surface area contributed by atoms with E-state index in [0.29, 0.717) is 5.56 Å². The number of carbonyl (C=O) groups excluding carboxylic acids is 1. The summed E-state index contributed by atoms with van der Waals surface area (Å²) < 4.78 is 23.6. The molecule has 2 rings (SSSR count). The van der Waals surface area contributed by atoms with Gasteiger partial charge in [0, 0.05) is 10.4 Å². The highest BCUT2D eigenvalue weighted by Crippen LogP contribution is 2.22. The molecule has 2 N–H and O–H groups in total. The van der Waals surface area contributed by atoms with E-state index in [9.17, 15) is 23.1 Å². The van der Waals surface area contributed by atoms with Gasteiger partial charge in [0.1, 0.15) is 9.84 Å². The van der Waals surface area contributed by atoms with Crippen molar-refractivity contribution in [2.24, 2.45) is 5.92 Å². The van der Waals surface area contributed by atoms with Gasteiger partial charge in [-0.3, -0.25) is 4.79 Å². The van der Waals surface area contributed by atoms with Crippen LogP contribution in [0, 0.1) is 5.92 Å². The zero-order valence-electron chi connectivity index (χ0n) is 11.7. The number of halogens is 1. The number of hydrogen-bond donors (Lipinski definition) is 2. The predicted molar refractivity (Wildman–Crippen MR) is 84.0 cm³/mol. The van der Waals surface area contributed by atoms with Crippen LogP contribution < -0.4 is 5.32 Å². The zero-order chi connectivity index (χ0) is 16.3. The lowest BCUT2D eigenvalue weighted by Gasteiger charge is -2.23. The first kappa shape index (κ1) is 17.0. The van der Waals surface area contributed by atoms with Crippen molar-refractivity contribution in [3.8, 4) is 0 Å².